The van der Waals surface area contributed by atoms with Gasteiger partial charge in [-0.3, -0.25) is 4.90 Å². The van der Waals surface area contributed by atoms with E-state index in [1.165, 1.54) is 0 Å². The topological polar surface area (TPSA) is 75.1 Å². The molecule has 0 saturated carbocycles. The van der Waals surface area contributed by atoms with Crippen LogP contribution < -0.4 is 9.47 Å². The molecule has 0 bridgehead atoms. The van der Waals surface area contributed by atoms with Crippen molar-refractivity contribution < 1.29 is 19.7 Å². The maximum absolute atomic E-state index is 10.7. The summed E-state index contributed by atoms with van der Waals surface area (Å²) in [6, 6.07) is 17.1. The first-order valence-electron chi connectivity index (χ1n) is 10.0. The minimum Gasteiger partial charge on any atom is -0.507 e. The highest BCUT2D eigenvalue weighted by Gasteiger charge is 2.21. The van der Waals surface area contributed by atoms with Crippen LogP contribution in [-0.2, 0) is 13.1 Å². The predicted molar refractivity (Wildman–Crippen MR) is 121 cm³/mol. The standard InChI is InChI=1S/C24H22N2O4S/c1-29-18-7-6-15(20(27)12-18)13-26-8-9-30-23-17(14-26)10-16(11-21(23)28)24-25-19-4-2-3-5-22(19)31-24/h2-7,10-12,27-28H,8-9,13-14H2,1H3. The molecule has 0 radical (unpaired) electrons. The van der Waals surface area contributed by atoms with Crippen molar-refractivity contribution in [2.75, 3.05) is 20.3 Å². The number of aromatic hydroxyl groups is 2. The molecule has 7 heteroatoms. The number of ether oxygens (including phenoxy) is 2. The molecule has 2 heterocycles. The fourth-order valence-corrected chi connectivity index (χ4v) is 4.81. The monoisotopic (exact) mass is 434 g/mol. The number of methoxy groups -OCH3 is 1. The second-order valence-corrected chi connectivity index (χ2v) is 8.55. The van der Waals surface area contributed by atoms with Crippen LogP contribution in [-0.4, -0.2) is 40.4 Å². The lowest BCUT2D eigenvalue weighted by Gasteiger charge is -2.20. The fourth-order valence-electron chi connectivity index (χ4n) is 3.85. The van der Waals surface area contributed by atoms with Crippen LogP contribution in [0.4, 0.5) is 0 Å². The summed E-state index contributed by atoms with van der Waals surface area (Å²) >= 11 is 1.60. The molecular formula is C24H22N2O4S. The van der Waals surface area contributed by atoms with Crippen LogP contribution in [0.15, 0.2) is 54.6 Å². The number of phenols is 2. The number of hydrogen-bond donors (Lipinski definition) is 2. The van der Waals surface area contributed by atoms with Gasteiger partial charge in [0.15, 0.2) is 11.5 Å². The number of rotatable bonds is 4. The van der Waals surface area contributed by atoms with Crippen LogP contribution in [0.2, 0.25) is 0 Å². The highest BCUT2D eigenvalue weighted by molar-refractivity contribution is 7.21. The molecule has 158 valence electrons. The van der Waals surface area contributed by atoms with E-state index >= 15 is 0 Å². The summed E-state index contributed by atoms with van der Waals surface area (Å²) < 4.78 is 12.2. The first-order chi connectivity index (χ1) is 15.1. The second-order valence-electron chi connectivity index (χ2n) is 7.52. The van der Waals surface area contributed by atoms with Crippen LogP contribution in [0.5, 0.6) is 23.0 Å². The number of nitrogens with zero attached hydrogens (tertiary/aromatic N) is 2. The van der Waals surface area contributed by atoms with Gasteiger partial charge in [0.1, 0.15) is 23.1 Å². The van der Waals surface area contributed by atoms with Gasteiger partial charge in [-0.15, -0.1) is 11.3 Å². The molecule has 31 heavy (non-hydrogen) atoms. The Hall–Kier alpha value is -3.29. The third-order valence-corrected chi connectivity index (χ3v) is 6.51. The number of fused-ring (bicyclic) bond motifs is 2. The summed E-state index contributed by atoms with van der Waals surface area (Å²) in [7, 11) is 1.58. The smallest absolute Gasteiger partial charge is 0.165 e. The van der Waals surface area contributed by atoms with Gasteiger partial charge < -0.3 is 19.7 Å². The average Bonchev–Trinajstić information content (AvgIpc) is 3.10. The molecule has 2 N–H and O–H groups in total. The third-order valence-electron chi connectivity index (χ3n) is 5.42. The molecule has 4 aromatic rings. The van der Waals surface area contributed by atoms with Crippen molar-refractivity contribution in [3.05, 3.63) is 65.7 Å². The van der Waals surface area contributed by atoms with E-state index in [4.69, 9.17) is 14.5 Å². The van der Waals surface area contributed by atoms with Gasteiger partial charge >= 0.3 is 0 Å². The Bertz CT molecular complexity index is 1220. The van der Waals surface area contributed by atoms with E-state index in [0.717, 1.165) is 31.9 Å². The summed E-state index contributed by atoms with van der Waals surface area (Å²) in [5.41, 5.74) is 3.54. The van der Waals surface area contributed by atoms with Gasteiger partial charge in [-0.05, 0) is 30.3 Å². The van der Waals surface area contributed by atoms with Gasteiger partial charge in [-0.25, -0.2) is 4.98 Å². The summed E-state index contributed by atoms with van der Waals surface area (Å²) in [6.45, 7) is 2.28. The van der Waals surface area contributed by atoms with Gasteiger partial charge in [-0.2, -0.15) is 0 Å². The number of para-hydroxylation sites is 1. The van der Waals surface area contributed by atoms with Gasteiger partial charge in [0.2, 0.25) is 0 Å². The molecule has 0 aliphatic carbocycles. The van der Waals surface area contributed by atoms with Gasteiger partial charge in [-0.1, -0.05) is 18.2 Å². The van der Waals surface area contributed by atoms with Crippen molar-refractivity contribution in [1.82, 2.24) is 9.88 Å². The van der Waals surface area contributed by atoms with Crippen molar-refractivity contribution in [2.45, 2.75) is 13.1 Å². The number of hydrogen-bond acceptors (Lipinski definition) is 7. The normalized spacial score (nSPS) is 14.1. The lowest BCUT2D eigenvalue weighted by molar-refractivity contribution is 0.215. The molecular weight excluding hydrogens is 412 g/mol. The minimum atomic E-state index is 0.126. The van der Waals surface area contributed by atoms with Crippen LogP contribution in [0.3, 0.4) is 0 Å². The molecule has 3 aromatic carbocycles. The first-order valence-corrected chi connectivity index (χ1v) is 10.9. The average molecular weight is 435 g/mol. The maximum Gasteiger partial charge on any atom is 0.165 e. The van der Waals surface area contributed by atoms with E-state index in [1.807, 2.05) is 42.5 Å². The number of aromatic nitrogens is 1. The Morgan fingerprint density at radius 3 is 2.77 bits per heavy atom. The van der Waals surface area contributed by atoms with Crippen molar-refractivity contribution in [2.24, 2.45) is 0 Å². The van der Waals surface area contributed by atoms with Crippen LogP contribution >= 0.6 is 11.3 Å². The SMILES string of the molecule is COc1ccc(CN2CCOc3c(O)cc(-c4nc5ccccc5s4)cc3C2)c(O)c1. The molecule has 1 aliphatic heterocycles. The van der Waals surface area contributed by atoms with Crippen molar-refractivity contribution >= 4 is 21.6 Å². The maximum atomic E-state index is 10.7. The molecule has 0 unspecified atom stereocenters. The summed E-state index contributed by atoms with van der Waals surface area (Å²) in [5.74, 6) is 1.47. The Morgan fingerprint density at radius 2 is 1.97 bits per heavy atom. The molecule has 0 spiro atoms. The zero-order valence-electron chi connectivity index (χ0n) is 17.0. The number of phenolic OH excluding ortho intramolecular Hbond substituents is 2. The second kappa shape index (κ2) is 8.09. The van der Waals surface area contributed by atoms with E-state index < -0.39 is 0 Å². The quantitative estimate of drug-likeness (QED) is 0.482. The molecule has 0 amide bonds. The summed E-state index contributed by atoms with van der Waals surface area (Å²) in [6.07, 6.45) is 0. The Labute approximate surface area is 183 Å². The molecule has 6 nitrogen and oxygen atoms in total. The predicted octanol–water partition coefficient (Wildman–Crippen LogP) is 4.78. The largest absolute Gasteiger partial charge is 0.507 e. The zero-order valence-corrected chi connectivity index (χ0v) is 17.9. The van der Waals surface area contributed by atoms with E-state index in [0.29, 0.717) is 37.7 Å². The van der Waals surface area contributed by atoms with Gasteiger partial charge in [0.25, 0.3) is 0 Å². The highest BCUT2D eigenvalue weighted by atomic mass is 32.1. The van der Waals surface area contributed by atoms with E-state index in [-0.39, 0.29) is 11.5 Å². The van der Waals surface area contributed by atoms with Crippen LogP contribution in [0.25, 0.3) is 20.8 Å². The number of benzene rings is 3. The zero-order chi connectivity index (χ0) is 21.4. The molecule has 0 atom stereocenters. The molecule has 1 aromatic heterocycles. The lowest BCUT2D eigenvalue weighted by atomic mass is 10.1. The fraction of sp³-hybridized carbons (Fsp3) is 0.208. The van der Waals surface area contributed by atoms with Crippen molar-refractivity contribution in [3.8, 4) is 33.6 Å². The van der Waals surface area contributed by atoms with Crippen molar-refractivity contribution in [3.63, 3.8) is 0 Å². The van der Waals surface area contributed by atoms with E-state index in [2.05, 4.69) is 4.90 Å². The van der Waals surface area contributed by atoms with Crippen molar-refractivity contribution in [1.29, 1.82) is 0 Å². The number of thiazole rings is 1. The first kappa shape index (κ1) is 19.7. The lowest BCUT2D eigenvalue weighted by Crippen LogP contribution is -2.25. The highest BCUT2D eigenvalue weighted by Crippen LogP contribution is 2.40. The Balaban J connectivity index is 1.45. The van der Waals surface area contributed by atoms with Crippen LogP contribution in [0.1, 0.15) is 11.1 Å². The Kier molecular flexibility index (Phi) is 5.13. The van der Waals surface area contributed by atoms with Gasteiger partial charge in [0.05, 0.1) is 17.3 Å². The molecule has 0 fully saturated rings. The summed E-state index contributed by atoms with van der Waals surface area (Å²) in [4.78, 5) is 6.91. The Morgan fingerprint density at radius 1 is 1.10 bits per heavy atom. The van der Waals surface area contributed by atoms with E-state index in [1.54, 1.807) is 30.6 Å². The molecule has 1 aliphatic rings. The van der Waals surface area contributed by atoms with Gasteiger partial charge in [0, 0.05) is 42.4 Å². The van der Waals surface area contributed by atoms with Crippen LogP contribution in [0, 0.1) is 0 Å². The minimum absolute atomic E-state index is 0.126. The summed E-state index contributed by atoms with van der Waals surface area (Å²) in [5, 5.41) is 21.9. The van der Waals surface area contributed by atoms with E-state index in [9.17, 15) is 10.2 Å². The molecule has 0 saturated heterocycles. The molecule has 5 rings (SSSR count). The third kappa shape index (κ3) is 3.89.